The van der Waals surface area contributed by atoms with Crippen LogP contribution < -0.4 is 5.32 Å². The molecule has 0 aliphatic heterocycles. The van der Waals surface area contributed by atoms with E-state index in [0.717, 1.165) is 38.6 Å². The van der Waals surface area contributed by atoms with Crippen LogP contribution in [0.15, 0.2) is 0 Å². The van der Waals surface area contributed by atoms with Crippen LogP contribution in [0.25, 0.3) is 0 Å². The molecule has 0 aromatic rings. The Labute approximate surface area is 121 Å². The lowest BCUT2D eigenvalue weighted by atomic mass is 9.90. The molecule has 2 nitrogen and oxygen atoms in total. The minimum atomic E-state index is 0.203. The maximum absolute atomic E-state index is 12.1. The molecule has 0 aliphatic carbocycles. The second-order valence-electron chi connectivity index (χ2n) is 6.38. The van der Waals surface area contributed by atoms with Crippen molar-refractivity contribution in [3.8, 4) is 0 Å². The number of carbonyl (C=O) groups excluding carboxylic acids is 1. The molecule has 0 heterocycles. The molecule has 0 rings (SSSR count). The standard InChI is InChI=1S/C15H30BrNO/c1-6-8-12(9-7-2)14(18)17-11-13(16)10-15(3,4)5/h12-13H,6-11H2,1-5H3,(H,17,18). The molecule has 1 amide bonds. The Bertz CT molecular complexity index is 229. The third-order valence-corrected chi connectivity index (χ3v) is 3.62. The van der Waals surface area contributed by atoms with Gasteiger partial charge in [-0.3, -0.25) is 4.79 Å². The van der Waals surface area contributed by atoms with Crippen LogP contribution in [-0.2, 0) is 4.79 Å². The van der Waals surface area contributed by atoms with Crippen LogP contribution in [-0.4, -0.2) is 17.3 Å². The number of alkyl halides is 1. The molecule has 0 saturated heterocycles. The highest BCUT2D eigenvalue weighted by molar-refractivity contribution is 9.09. The van der Waals surface area contributed by atoms with Crippen molar-refractivity contribution in [2.45, 2.75) is 71.5 Å². The number of nitrogens with one attached hydrogen (secondary N) is 1. The molecule has 3 heteroatoms. The topological polar surface area (TPSA) is 29.1 Å². The summed E-state index contributed by atoms with van der Waals surface area (Å²) in [4.78, 5) is 12.4. The number of halogens is 1. The summed E-state index contributed by atoms with van der Waals surface area (Å²) in [5.41, 5.74) is 0.297. The van der Waals surface area contributed by atoms with Crippen molar-refractivity contribution in [1.29, 1.82) is 0 Å². The second kappa shape index (κ2) is 8.95. The van der Waals surface area contributed by atoms with Crippen LogP contribution in [0.1, 0.15) is 66.7 Å². The quantitative estimate of drug-likeness (QED) is 0.655. The van der Waals surface area contributed by atoms with Gasteiger partial charge in [0.15, 0.2) is 0 Å². The fourth-order valence-electron chi connectivity index (χ4n) is 2.20. The van der Waals surface area contributed by atoms with Crippen LogP contribution in [0, 0.1) is 11.3 Å². The van der Waals surface area contributed by atoms with Gasteiger partial charge < -0.3 is 5.32 Å². The minimum absolute atomic E-state index is 0.203. The second-order valence-corrected chi connectivity index (χ2v) is 7.68. The highest BCUT2D eigenvalue weighted by Gasteiger charge is 2.20. The first-order valence-corrected chi connectivity index (χ1v) is 8.13. The predicted octanol–water partition coefficient (Wildman–Crippen LogP) is 4.52. The average Bonchev–Trinajstić information content (AvgIpc) is 2.23. The first-order chi connectivity index (χ1) is 8.30. The predicted molar refractivity (Wildman–Crippen MR) is 83.1 cm³/mol. The van der Waals surface area contributed by atoms with Gasteiger partial charge in [0.25, 0.3) is 0 Å². The Morgan fingerprint density at radius 3 is 2.06 bits per heavy atom. The summed E-state index contributed by atoms with van der Waals surface area (Å²) in [6.07, 6.45) is 5.24. The van der Waals surface area contributed by atoms with Crippen molar-refractivity contribution in [3.05, 3.63) is 0 Å². The lowest BCUT2D eigenvalue weighted by molar-refractivity contribution is -0.125. The lowest BCUT2D eigenvalue weighted by Crippen LogP contribution is -2.35. The Morgan fingerprint density at radius 1 is 1.17 bits per heavy atom. The Hall–Kier alpha value is -0.0500. The van der Waals surface area contributed by atoms with E-state index in [1.165, 1.54) is 0 Å². The highest BCUT2D eigenvalue weighted by atomic mass is 79.9. The zero-order valence-corrected chi connectivity index (χ0v) is 14.3. The van der Waals surface area contributed by atoms with E-state index in [0.29, 0.717) is 10.2 Å². The zero-order valence-electron chi connectivity index (χ0n) is 12.7. The van der Waals surface area contributed by atoms with Crippen molar-refractivity contribution in [1.82, 2.24) is 5.32 Å². The van der Waals surface area contributed by atoms with E-state index in [1.54, 1.807) is 0 Å². The maximum atomic E-state index is 12.1. The molecule has 0 spiro atoms. The van der Waals surface area contributed by atoms with Crippen LogP contribution >= 0.6 is 15.9 Å². The summed E-state index contributed by atoms with van der Waals surface area (Å²) < 4.78 is 0. The molecular formula is C15H30BrNO. The Kier molecular flexibility index (Phi) is 8.93. The summed E-state index contributed by atoms with van der Waals surface area (Å²) >= 11 is 3.65. The normalized spacial score (nSPS) is 13.7. The maximum Gasteiger partial charge on any atom is 0.223 e. The van der Waals surface area contributed by atoms with Crippen molar-refractivity contribution < 1.29 is 4.79 Å². The lowest BCUT2D eigenvalue weighted by Gasteiger charge is -2.23. The van der Waals surface area contributed by atoms with Crippen molar-refractivity contribution >= 4 is 21.8 Å². The highest BCUT2D eigenvalue weighted by Crippen LogP contribution is 2.24. The molecule has 0 fully saturated rings. The largest absolute Gasteiger partial charge is 0.355 e. The monoisotopic (exact) mass is 319 g/mol. The van der Waals surface area contributed by atoms with Gasteiger partial charge in [-0.1, -0.05) is 63.4 Å². The fraction of sp³-hybridized carbons (Fsp3) is 0.933. The van der Waals surface area contributed by atoms with Crippen molar-refractivity contribution in [2.75, 3.05) is 6.54 Å². The molecule has 18 heavy (non-hydrogen) atoms. The molecule has 0 aromatic carbocycles. The first kappa shape index (κ1) is 17.9. The fourth-order valence-corrected chi connectivity index (χ4v) is 3.33. The molecule has 1 N–H and O–H groups in total. The van der Waals surface area contributed by atoms with Gasteiger partial charge in [0.2, 0.25) is 5.91 Å². The van der Waals surface area contributed by atoms with Crippen LogP contribution in [0.4, 0.5) is 0 Å². The van der Waals surface area contributed by atoms with Crippen molar-refractivity contribution in [2.24, 2.45) is 11.3 Å². The Morgan fingerprint density at radius 2 is 1.67 bits per heavy atom. The van der Waals surface area contributed by atoms with E-state index in [9.17, 15) is 4.79 Å². The average molecular weight is 320 g/mol. The smallest absolute Gasteiger partial charge is 0.223 e. The van der Waals surface area contributed by atoms with Gasteiger partial charge in [-0.2, -0.15) is 0 Å². The van der Waals surface area contributed by atoms with Gasteiger partial charge in [-0.05, 0) is 24.7 Å². The summed E-state index contributed by atoms with van der Waals surface area (Å²) in [6, 6.07) is 0. The van der Waals surface area contributed by atoms with E-state index in [-0.39, 0.29) is 11.8 Å². The number of hydrogen-bond acceptors (Lipinski definition) is 1. The molecule has 108 valence electrons. The third-order valence-electron chi connectivity index (χ3n) is 2.98. The van der Waals surface area contributed by atoms with E-state index >= 15 is 0 Å². The molecular weight excluding hydrogens is 290 g/mol. The van der Waals surface area contributed by atoms with E-state index in [4.69, 9.17) is 0 Å². The molecule has 0 bridgehead atoms. The molecule has 0 saturated carbocycles. The summed E-state index contributed by atoms with van der Waals surface area (Å²) in [7, 11) is 0. The zero-order chi connectivity index (χ0) is 14.2. The summed E-state index contributed by atoms with van der Waals surface area (Å²) in [5, 5.41) is 3.09. The third kappa shape index (κ3) is 8.96. The Balaban J connectivity index is 4.06. The number of hydrogen-bond donors (Lipinski definition) is 1. The van der Waals surface area contributed by atoms with E-state index < -0.39 is 0 Å². The van der Waals surface area contributed by atoms with Crippen molar-refractivity contribution in [3.63, 3.8) is 0 Å². The number of rotatable bonds is 8. The van der Waals surface area contributed by atoms with E-state index in [2.05, 4.69) is 55.9 Å². The van der Waals surface area contributed by atoms with Gasteiger partial charge in [0.1, 0.15) is 0 Å². The number of carbonyl (C=O) groups is 1. The number of amides is 1. The first-order valence-electron chi connectivity index (χ1n) is 7.22. The summed E-state index contributed by atoms with van der Waals surface area (Å²) in [6.45, 7) is 11.7. The van der Waals surface area contributed by atoms with Gasteiger partial charge >= 0.3 is 0 Å². The van der Waals surface area contributed by atoms with Crippen LogP contribution in [0.2, 0.25) is 0 Å². The van der Waals surface area contributed by atoms with Gasteiger partial charge in [0, 0.05) is 17.3 Å². The summed E-state index contributed by atoms with van der Waals surface area (Å²) in [5.74, 6) is 0.436. The molecule has 0 aromatic heterocycles. The SMILES string of the molecule is CCCC(CCC)C(=O)NCC(Br)CC(C)(C)C. The minimum Gasteiger partial charge on any atom is -0.355 e. The molecule has 0 radical (unpaired) electrons. The van der Waals surface area contributed by atoms with Gasteiger partial charge in [0.05, 0.1) is 0 Å². The van der Waals surface area contributed by atoms with Gasteiger partial charge in [-0.15, -0.1) is 0 Å². The van der Waals surface area contributed by atoms with Gasteiger partial charge in [-0.25, -0.2) is 0 Å². The molecule has 0 aliphatic rings. The van der Waals surface area contributed by atoms with Crippen LogP contribution in [0.5, 0.6) is 0 Å². The van der Waals surface area contributed by atoms with Crippen LogP contribution in [0.3, 0.4) is 0 Å². The molecule has 1 unspecified atom stereocenters. The molecule has 1 atom stereocenters. The van der Waals surface area contributed by atoms with E-state index in [1.807, 2.05) is 0 Å².